The summed E-state index contributed by atoms with van der Waals surface area (Å²) in [5, 5.41) is 0. The first-order valence-corrected chi connectivity index (χ1v) is 4.55. The van der Waals surface area contributed by atoms with Gasteiger partial charge in [-0.2, -0.15) is 0 Å². The van der Waals surface area contributed by atoms with Gasteiger partial charge in [0.1, 0.15) is 0 Å². The Kier molecular flexibility index (Phi) is 6.76. The van der Waals surface area contributed by atoms with Gasteiger partial charge in [0.05, 0.1) is 19.1 Å². The maximum Gasteiger partial charge on any atom is 0.312 e. The molecule has 0 aliphatic rings. The number of carbonyl (C=O) groups is 1. The van der Waals surface area contributed by atoms with Gasteiger partial charge in [0, 0.05) is 7.11 Å². The van der Waals surface area contributed by atoms with E-state index in [1.54, 1.807) is 19.3 Å². The second kappa shape index (κ2) is 7.33. The average Bonchev–Trinajstić information content (AvgIpc) is 2.24. The summed E-state index contributed by atoms with van der Waals surface area (Å²) in [4.78, 5) is 11.2. The summed E-state index contributed by atoms with van der Waals surface area (Å²) in [5.41, 5.74) is 0. The molecule has 0 saturated carbocycles. The summed E-state index contributed by atoms with van der Waals surface area (Å²) >= 11 is 0. The lowest BCUT2D eigenvalue weighted by atomic mass is 10.0. The zero-order valence-electron chi connectivity index (χ0n) is 8.86. The SMILES string of the molecule is C=CC(CCC(C=C)C(=O)OC)OC. The van der Waals surface area contributed by atoms with Gasteiger partial charge in [0.2, 0.25) is 0 Å². The van der Waals surface area contributed by atoms with Crippen LogP contribution in [-0.2, 0) is 14.3 Å². The monoisotopic (exact) mass is 198 g/mol. The van der Waals surface area contributed by atoms with E-state index in [9.17, 15) is 4.79 Å². The molecule has 0 spiro atoms. The summed E-state index contributed by atoms with van der Waals surface area (Å²) in [5.74, 6) is -0.503. The Morgan fingerprint density at radius 1 is 1.29 bits per heavy atom. The molecule has 0 heterocycles. The first-order chi connectivity index (χ1) is 6.69. The van der Waals surface area contributed by atoms with Crippen molar-refractivity contribution >= 4 is 5.97 Å². The van der Waals surface area contributed by atoms with E-state index in [-0.39, 0.29) is 18.0 Å². The highest BCUT2D eigenvalue weighted by atomic mass is 16.5. The van der Waals surface area contributed by atoms with Crippen molar-refractivity contribution in [1.29, 1.82) is 0 Å². The Morgan fingerprint density at radius 3 is 2.29 bits per heavy atom. The van der Waals surface area contributed by atoms with E-state index in [0.717, 1.165) is 6.42 Å². The van der Waals surface area contributed by atoms with Crippen LogP contribution in [0.15, 0.2) is 25.3 Å². The highest BCUT2D eigenvalue weighted by molar-refractivity contribution is 5.74. The predicted molar refractivity (Wildman–Crippen MR) is 55.9 cm³/mol. The number of carbonyl (C=O) groups excluding carboxylic acids is 1. The van der Waals surface area contributed by atoms with Gasteiger partial charge < -0.3 is 9.47 Å². The minimum absolute atomic E-state index is 0.0119. The van der Waals surface area contributed by atoms with Crippen molar-refractivity contribution in [2.24, 2.45) is 5.92 Å². The van der Waals surface area contributed by atoms with Crippen LogP contribution in [0, 0.1) is 5.92 Å². The van der Waals surface area contributed by atoms with Gasteiger partial charge in [0.15, 0.2) is 0 Å². The van der Waals surface area contributed by atoms with Crippen LogP contribution in [0.3, 0.4) is 0 Å². The minimum atomic E-state index is -0.252. The molecule has 0 saturated heterocycles. The highest BCUT2D eigenvalue weighted by Gasteiger charge is 2.16. The molecule has 0 aromatic heterocycles. The number of ether oxygens (including phenoxy) is 2. The van der Waals surface area contributed by atoms with Gasteiger partial charge in [-0.25, -0.2) is 0 Å². The third-order valence-electron chi connectivity index (χ3n) is 2.12. The molecule has 0 amide bonds. The minimum Gasteiger partial charge on any atom is -0.469 e. The Labute approximate surface area is 85.4 Å². The zero-order valence-corrected chi connectivity index (χ0v) is 8.86. The number of methoxy groups -OCH3 is 2. The molecular formula is C11H18O3. The van der Waals surface area contributed by atoms with Gasteiger partial charge in [-0.3, -0.25) is 4.79 Å². The van der Waals surface area contributed by atoms with E-state index in [4.69, 9.17) is 4.74 Å². The van der Waals surface area contributed by atoms with Crippen LogP contribution < -0.4 is 0 Å². The topological polar surface area (TPSA) is 35.5 Å². The van der Waals surface area contributed by atoms with Gasteiger partial charge in [-0.1, -0.05) is 12.2 Å². The summed E-state index contributed by atoms with van der Waals surface area (Å²) in [7, 11) is 2.99. The van der Waals surface area contributed by atoms with Crippen LogP contribution in [0.25, 0.3) is 0 Å². The highest BCUT2D eigenvalue weighted by Crippen LogP contribution is 2.13. The first kappa shape index (κ1) is 12.9. The van der Waals surface area contributed by atoms with Crippen molar-refractivity contribution in [2.45, 2.75) is 18.9 Å². The number of rotatable bonds is 7. The smallest absolute Gasteiger partial charge is 0.312 e. The van der Waals surface area contributed by atoms with E-state index in [1.165, 1.54) is 7.11 Å². The van der Waals surface area contributed by atoms with Gasteiger partial charge in [-0.05, 0) is 12.8 Å². The fourth-order valence-electron chi connectivity index (χ4n) is 1.16. The van der Waals surface area contributed by atoms with Crippen LogP contribution >= 0.6 is 0 Å². The zero-order chi connectivity index (χ0) is 11.0. The van der Waals surface area contributed by atoms with Crippen molar-refractivity contribution in [3.05, 3.63) is 25.3 Å². The molecule has 3 nitrogen and oxygen atoms in total. The second-order valence-electron chi connectivity index (χ2n) is 2.95. The number of hydrogen-bond donors (Lipinski definition) is 0. The van der Waals surface area contributed by atoms with E-state index in [2.05, 4.69) is 17.9 Å². The number of esters is 1. The lowest BCUT2D eigenvalue weighted by molar-refractivity contribution is -0.144. The van der Waals surface area contributed by atoms with Crippen molar-refractivity contribution in [1.82, 2.24) is 0 Å². The third-order valence-corrected chi connectivity index (χ3v) is 2.12. The molecule has 0 aromatic carbocycles. The predicted octanol–water partition coefficient (Wildman–Crippen LogP) is 1.94. The molecule has 0 radical (unpaired) electrons. The van der Waals surface area contributed by atoms with E-state index in [1.807, 2.05) is 0 Å². The van der Waals surface area contributed by atoms with Gasteiger partial charge in [0.25, 0.3) is 0 Å². The van der Waals surface area contributed by atoms with Crippen LogP contribution in [-0.4, -0.2) is 26.3 Å². The third kappa shape index (κ3) is 4.23. The quantitative estimate of drug-likeness (QED) is 0.463. The van der Waals surface area contributed by atoms with E-state index >= 15 is 0 Å². The molecule has 0 aliphatic heterocycles. The molecular weight excluding hydrogens is 180 g/mol. The molecule has 0 aliphatic carbocycles. The van der Waals surface area contributed by atoms with Gasteiger partial charge in [-0.15, -0.1) is 13.2 Å². The van der Waals surface area contributed by atoms with Crippen LogP contribution in [0.2, 0.25) is 0 Å². The molecule has 80 valence electrons. The molecule has 14 heavy (non-hydrogen) atoms. The van der Waals surface area contributed by atoms with Crippen molar-refractivity contribution < 1.29 is 14.3 Å². The lowest BCUT2D eigenvalue weighted by Crippen LogP contribution is -2.16. The molecule has 0 aromatic rings. The van der Waals surface area contributed by atoms with Crippen molar-refractivity contribution in [3.63, 3.8) is 0 Å². The maximum atomic E-state index is 11.2. The van der Waals surface area contributed by atoms with Crippen molar-refractivity contribution in [3.8, 4) is 0 Å². The molecule has 2 atom stereocenters. The first-order valence-electron chi connectivity index (χ1n) is 4.55. The van der Waals surface area contributed by atoms with Crippen LogP contribution in [0.4, 0.5) is 0 Å². The van der Waals surface area contributed by atoms with E-state index < -0.39 is 0 Å². The van der Waals surface area contributed by atoms with Crippen LogP contribution in [0.5, 0.6) is 0 Å². The molecule has 0 N–H and O–H groups in total. The number of hydrogen-bond acceptors (Lipinski definition) is 3. The largest absolute Gasteiger partial charge is 0.469 e. The normalized spacial score (nSPS) is 14.1. The summed E-state index contributed by atoms with van der Waals surface area (Å²) in [6.07, 6.45) is 4.72. The molecule has 0 bridgehead atoms. The molecule has 2 unspecified atom stereocenters. The molecule has 3 heteroatoms. The fourth-order valence-corrected chi connectivity index (χ4v) is 1.16. The Balaban J connectivity index is 4.00. The fraction of sp³-hybridized carbons (Fsp3) is 0.545. The molecule has 0 fully saturated rings. The Bertz CT molecular complexity index is 199. The Hall–Kier alpha value is -1.09. The summed E-state index contributed by atoms with van der Waals surface area (Å²) in [6, 6.07) is 0. The average molecular weight is 198 g/mol. The van der Waals surface area contributed by atoms with Gasteiger partial charge >= 0.3 is 5.97 Å². The van der Waals surface area contributed by atoms with Crippen LogP contribution in [0.1, 0.15) is 12.8 Å². The summed E-state index contributed by atoms with van der Waals surface area (Å²) < 4.78 is 9.73. The maximum absolute atomic E-state index is 11.2. The summed E-state index contributed by atoms with van der Waals surface area (Å²) in [6.45, 7) is 7.23. The van der Waals surface area contributed by atoms with Crippen molar-refractivity contribution in [2.75, 3.05) is 14.2 Å². The lowest BCUT2D eigenvalue weighted by Gasteiger charge is -2.13. The molecule has 0 rings (SSSR count). The standard InChI is InChI=1S/C11H18O3/c1-5-9(11(12)14-4)7-8-10(6-2)13-3/h5-6,9-10H,1-2,7-8H2,3-4H3. The Morgan fingerprint density at radius 2 is 1.93 bits per heavy atom. The van der Waals surface area contributed by atoms with E-state index in [0.29, 0.717) is 6.42 Å². The second-order valence-corrected chi connectivity index (χ2v) is 2.95.